The monoisotopic (exact) mass is 126 g/mol. The van der Waals surface area contributed by atoms with Gasteiger partial charge in [0.15, 0.2) is 0 Å². The van der Waals surface area contributed by atoms with E-state index in [-0.39, 0.29) is 12.2 Å². The molecule has 50 valence electrons. The third kappa shape index (κ3) is 1.24. The number of hydrogen-bond acceptors (Lipinski definition) is 2. The molecule has 2 atom stereocenters. The smallest absolute Gasteiger partial charge is 0.222 e. The van der Waals surface area contributed by atoms with E-state index in [0.717, 1.165) is 0 Å². The van der Waals surface area contributed by atoms with E-state index in [2.05, 4.69) is 5.92 Å². The highest BCUT2D eigenvalue weighted by Gasteiger charge is 2.27. The third-order valence-electron chi connectivity index (χ3n) is 1.47. The second-order valence-electron chi connectivity index (χ2n) is 2.18. The summed E-state index contributed by atoms with van der Waals surface area (Å²) in [6.45, 7) is 3.89. The lowest BCUT2D eigenvalue weighted by Gasteiger charge is -2.01. The molecule has 1 rings (SSSR count). The van der Waals surface area contributed by atoms with Gasteiger partial charge in [-0.1, -0.05) is 0 Å². The van der Waals surface area contributed by atoms with Gasteiger partial charge in [-0.15, -0.1) is 6.42 Å². The predicted molar refractivity (Wildman–Crippen MR) is 33.7 cm³/mol. The fraction of sp³-hybridized carbons (Fsp3) is 0.714. The van der Waals surface area contributed by atoms with Crippen LogP contribution in [0.25, 0.3) is 0 Å². The fourth-order valence-corrected chi connectivity index (χ4v) is 0.722. The Morgan fingerprint density at radius 3 is 1.89 bits per heavy atom. The zero-order chi connectivity index (χ0) is 6.85. The minimum atomic E-state index is -0.421. The van der Waals surface area contributed by atoms with Gasteiger partial charge in [0.05, 0.1) is 12.2 Å². The van der Waals surface area contributed by atoms with E-state index in [4.69, 9.17) is 15.9 Å². The first-order valence-electron chi connectivity index (χ1n) is 3.01. The molecule has 0 spiro atoms. The largest absolute Gasteiger partial charge is 0.336 e. The van der Waals surface area contributed by atoms with Crippen LogP contribution in [0.3, 0.4) is 0 Å². The quantitative estimate of drug-likeness (QED) is 0.446. The Morgan fingerprint density at radius 2 is 1.67 bits per heavy atom. The molecule has 0 radical (unpaired) electrons. The van der Waals surface area contributed by atoms with E-state index >= 15 is 0 Å². The van der Waals surface area contributed by atoms with Gasteiger partial charge in [-0.05, 0) is 19.8 Å². The van der Waals surface area contributed by atoms with Crippen molar-refractivity contribution in [1.82, 2.24) is 0 Å². The van der Waals surface area contributed by atoms with Crippen LogP contribution in [0.5, 0.6) is 0 Å². The topological polar surface area (TPSA) is 18.5 Å². The standard InChI is InChI=1S/C7H10O2/c1-4-7-8-5(2)6(3)9-7/h1,5-7H,2-3H3. The van der Waals surface area contributed by atoms with Gasteiger partial charge < -0.3 is 9.47 Å². The van der Waals surface area contributed by atoms with Crippen molar-refractivity contribution in [3.8, 4) is 12.3 Å². The summed E-state index contributed by atoms with van der Waals surface area (Å²) in [5.41, 5.74) is 0. The van der Waals surface area contributed by atoms with Crippen molar-refractivity contribution in [2.45, 2.75) is 32.3 Å². The zero-order valence-corrected chi connectivity index (χ0v) is 5.63. The lowest BCUT2D eigenvalue weighted by Crippen LogP contribution is -2.13. The van der Waals surface area contributed by atoms with E-state index in [1.165, 1.54) is 0 Å². The van der Waals surface area contributed by atoms with Gasteiger partial charge in [-0.2, -0.15) is 0 Å². The van der Waals surface area contributed by atoms with E-state index in [1.54, 1.807) is 0 Å². The van der Waals surface area contributed by atoms with Gasteiger partial charge in [0.25, 0.3) is 0 Å². The van der Waals surface area contributed by atoms with Crippen LogP contribution in [0.1, 0.15) is 13.8 Å². The summed E-state index contributed by atoms with van der Waals surface area (Å²) in [5.74, 6) is 2.38. The first kappa shape index (κ1) is 6.60. The molecule has 2 nitrogen and oxygen atoms in total. The molecule has 0 bridgehead atoms. The summed E-state index contributed by atoms with van der Waals surface area (Å²) in [6.07, 6.45) is 4.90. The van der Waals surface area contributed by atoms with Crippen LogP contribution in [0, 0.1) is 12.3 Å². The van der Waals surface area contributed by atoms with Gasteiger partial charge in [-0.3, -0.25) is 0 Å². The minimum Gasteiger partial charge on any atom is -0.336 e. The Kier molecular flexibility index (Phi) is 1.75. The molecule has 0 aromatic heterocycles. The van der Waals surface area contributed by atoms with Crippen LogP contribution in [-0.2, 0) is 9.47 Å². The lowest BCUT2D eigenvalue weighted by molar-refractivity contribution is -0.0166. The van der Waals surface area contributed by atoms with E-state index in [0.29, 0.717) is 0 Å². The van der Waals surface area contributed by atoms with Crippen molar-refractivity contribution in [3.05, 3.63) is 0 Å². The number of rotatable bonds is 0. The molecule has 0 saturated carbocycles. The number of hydrogen-bond donors (Lipinski definition) is 0. The average Bonchev–Trinajstić information content (AvgIpc) is 2.13. The fourth-order valence-electron chi connectivity index (χ4n) is 0.722. The first-order chi connectivity index (χ1) is 4.24. The molecular formula is C7H10O2. The van der Waals surface area contributed by atoms with E-state index in [1.807, 2.05) is 13.8 Å². The molecule has 0 aromatic rings. The van der Waals surface area contributed by atoms with Crippen LogP contribution < -0.4 is 0 Å². The summed E-state index contributed by atoms with van der Waals surface area (Å²) in [5, 5.41) is 0. The highest BCUT2D eigenvalue weighted by molar-refractivity contribution is 4.93. The van der Waals surface area contributed by atoms with Crippen molar-refractivity contribution in [2.24, 2.45) is 0 Å². The van der Waals surface area contributed by atoms with Gasteiger partial charge in [0.2, 0.25) is 6.29 Å². The second kappa shape index (κ2) is 2.38. The molecule has 1 aliphatic rings. The lowest BCUT2D eigenvalue weighted by atomic mass is 10.3. The molecule has 0 N–H and O–H groups in total. The molecular weight excluding hydrogens is 116 g/mol. The SMILES string of the molecule is C#CC1OC(C)C(C)O1. The van der Waals surface area contributed by atoms with Gasteiger partial charge in [0.1, 0.15) is 0 Å². The van der Waals surface area contributed by atoms with Crippen molar-refractivity contribution in [1.29, 1.82) is 0 Å². The van der Waals surface area contributed by atoms with E-state index < -0.39 is 6.29 Å². The zero-order valence-electron chi connectivity index (χ0n) is 5.63. The molecule has 1 saturated heterocycles. The summed E-state index contributed by atoms with van der Waals surface area (Å²) in [6, 6.07) is 0. The van der Waals surface area contributed by atoms with Crippen molar-refractivity contribution in [2.75, 3.05) is 0 Å². The Hall–Kier alpha value is -0.520. The number of ether oxygens (including phenoxy) is 2. The van der Waals surface area contributed by atoms with Gasteiger partial charge in [0, 0.05) is 0 Å². The normalized spacial score (nSPS) is 42.6. The Bertz CT molecular complexity index is 126. The maximum atomic E-state index is 5.16. The first-order valence-corrected chi connectivity index (χ1v) is 3.01. The maximum absolute atomic E-state index is 5.16. The second-order valence-corrected chi connectivity index (χ2v) is 2.18. The average molecular weight is 126 g/mol. The molecule has 2 unspecified atom stereocenters. The molecule has 9 heavy (non-hydrogen) atoms. The summed E-state index contributed by atoms with van der Waals surface area (Å²) in [4.78, 5) is 0. The molecule has 0 amide bonds. The Morgan fingerprint density at radius 1 is 1.22 bits per heavy atom. The molecule has 1 aliphatic heterocycles. The molecule has 0 aliphatic carbocycles. The van der Waals surface area contributed by atoms with Crippen molar-refractivity contribution >= 4 is 0 Å². The van der Waals surface area contributed by atoms with Crippen LogP contribution in [0.15, 0.2) is 0 Å². The van der Waals surface area contributed by atoms with Crippen LogP contribution >= 0.6 is 0 Å². The maximum Gasteiger partial charge on any atom is 0.222 e. The molecule has 1 heterocycles. The highest BCUT2D eigenvalue weighted by Crippen LogP contribution is 2.16. The molecule has 1 fully saturated rings. The highest BCUT2D eigenvalue weighted by atomic mass is 16.7. The van der Waals surface area contributed by atoms with Gasteiger partial charge >= 0.3 is 0 Å². The Balaban J connectivity index is 2.46. The third-order valence-corrected chi connectivity index (χ3v) is 1.47. The van der Waals surface area contributed by atoms with Crippen LogP contribution in [0.2, 0.25) is 0 Å². The van der Waals surface area contributed by atoms with Gasteiger partial charge in [-0.25, -0.2) is 0 Å². The van der Waals surface area contributed by atoms with Crippen LogP contribution in [0.4, 0.5) is 0 Å². The predicted octanol–water partition coefficient (Wildman–Crippen LogP) is 0.769. The summed E-state index contributed by atoms with van der Waals surface area (Å²) < 4.78 is 10.3. The molecule has 0 aromatic carbocycles. The summed E-state index contributed by atoms with van der Waals surface area (Å²) >= 11 is 0. The minimum absolute atomic E-state index is 0.131. The Labute approximate surface area is 55.1 Å². The van der Waals surface area contributed by atoms with E-state index in [9.17, 15) is 0 Å². The summed E-state index contributed by atoms with van der Waals surface area (Å²) in [7, 11) is 0. The number of terminal acetylenes is 1. The molecule has 2 heteroatoms. The van der Waals surface area contributed by atoms with Crippen molar-refractivity contribution in [3.63, 3.8) is 0 Å². The van der Waals surface area contributed by atoms with Crippen molar-refractivity contribution < 1.29 is 9.47 Å². The van der Waals surface area contributed by atoms with Crippen LogP contribution in [-0.4, -0.2) is 18.5 Å².